The Hall–Kier alpha value is -2.24. The molecular weight excluding hydrogens is 268 g/mol. The number of carbonyl (C=O) groups excluding carboxylic acids is 1. The molecule has 0 spiro atoms. The van der Waals surface area contributed by atoms with Gasteiger partial charge in [-0.1, -0.05) is 6.92 Å². The van der Waals surface area contributed by atoms with E-state index < -0.39 is 0 Å². The second-order valence-corrected chi connectivity index (χ2v) is 5.55. The molecule has 3 heterocycles. The summed E-state index contributed by atoms with van der Waals surface area (Å²) in [6.45, 7) is 5.35. The molecule has 1 fully saturated rings. The van der Waals surface area contributed by atoms with Crippen LogP contribution < -0.4 is 5.73 Å². The summed E-state index contributed by atoms with van der Waals surface area (Å²) in [5, 5.41) is 6.88. The predicted octanol–water partition coefficient (Wildman–Crippen LogP) is 2.09. The molecule has 1 aliphatic heterocycles. The second-order valence-electron chi connectivity index (χ2n) is 5.55. The molecule has 1 aliphatic rings. The summed E-state index contributed by atoms with van der Waals surface area (Å²) in [5.41, 5.74) is 8.50. The highest BCUT2D eigenvalue weighted by molar-refractivity contribution is 5.92. The molecule has 3 N–H and O–H groups in total. The van der Waals surface area contributed by atoms with Gasteiger partial charge in [0.15, 0.2) is 5.76 Å². The standard InChI is InChI=1S/C15H20N4O2/c1-3-12-9(2)6-13(21-12)15(20)19-5-4-10(8-19)14-11(16)7-17-18-14/h6-7,10H,3-5,8,16H2,1-2H3,(H,17,18). The molecule has 112 valence electrons. The number of likely N-dealkylation sites (tertiary alicyclic amines) is 1. The van der Waals surface area contributed by atoms with Crippen molar-refractivity contribution in [2.24, 2.45) is 0 Å². The van der Waals surface area contributed by atoms with Gasteiger partial charge in [0, 0.05) is 25.4 Å². The van der Waals surface area contributed by atoms with Crippen LogP contribution in [0.4, 0.5) is 5.69 Å². The Balaban J connectivity index is 1.73. The minimum atomic E-state index is -0.0432. The molecule has 1 unspecified atom stereocenters. The van der Waals surface area contributed by atoms with Crippen LogP contribution in [0.3, 0.4) is 0 Å². The summed E-state index contributed by atoms with van der Waals surface area (Å²) in [7, 11) is 0. The zero-order valence-corrected chi connectivity index (χ0v) is 12.3. The van der Waals surface area contributed by atoms with E-state index in [-0.39, 0.29) is 11.8 Å². The van der Waals surface area contributed by atoms with Crippen molar-refractivity contribution >= 4 is 11.6 Å². The third-order valence-corrected chi connectivity index (χ3v) is 4.14. The first-order valence-corrected chi connectivity index (χ1v) is 7.27. The SMILES string of the molecule is CCc1oc(C(=O)N2CCC(c3[nH]ncc3N)C2)cc1C. The van der Waals surface area contributed by atoms with Gasteiger partial charge in [0.2, 0.25) is 0 Å². The molecule has 6 nitrogen and oxygen atoms in total. The molecule has 0 bridgehead atoms. The number of aryl methyl sites for hydroxylation is 2. The lowest BCUT2D eigenvalue weighted by molar-refractivity contribution is 0.0757. The average Bonchev–Trinajstić information content (AvgIpc) is 3.16. The van der Waals surface area contributed by atoms with Crippen molar-refractivity contribution < 1.29 is 9.21 Å². The van der Waals surface area contributed by atoms with E-state index in [1.165, 1.54) is 0 Å². The number of nitrogens with zero attached hydrogens (tertiary/aromatic N) is 2. The van der Waals surface area contributed by atoms with E-state index in [1.54, 1.807) is 6.20 Å². The molecule has 0 saturated carbocycles. The van der Waals surface area contributed by atoms with Gasteiger partial charge in [-0.3, -0.25) is 9.89 Å². The zero-order chi connectivity index (χ0) is 15.0. The van der Waals surface area contributed by atoms with Crippen molar-refractivity contribution in [3.8, 4) is 0 Å². The van der Waals surface area contributed by atoms with Gasteiger partial charge >= 0.3 is 0 Å². The Morgan fingerprint density at radius 2 is 2.43 bits per heavy atom. The second kappa shape index (κ2) is 5.27. The normalized spacial score (nSPS) is 18.4. The number of anilines is 1. The van der Waals surface area contributed by atoms with Crippen LogP contribution in [0, 0.1) is 6.92 Å². The number of amides is 1. The average molecular weight is 288 g/mol. The molecular formula is C15H20N4O2. The fourth-order valence-corrected chi connectivity index (χ4v) is 2.94. The van der Waals surface area contributed by atoms with Crippen molar-refractivity contribution in [3.63, 3.8) is 0 Å². The number of aromatic nitrogens is 2. The lowest BCUT2D eigenvalue weighted by atomic mass is 10.0. The number of nitrogen functional groups attached to an aromatic ring is 1. The molecule has 1 saturated heterocycles. The Morgan fingerprint density at radius 3 is 3.05 bits per heavy atom. The number of hydrogen-bond acceptors (Lipinski definition) is 4. The maximum atomic E-state index is 12.5. The maximum absolute atomic E-state index is 12.5. The molecule has 6 heteroatoms. The van der Waals surface area contributed by atoms with Crippen LogP contribution in [0.1, 0.15) is 46.8 Å². The van der Waals surface area contributed by atoms with E-state index in [1.807, 2.05) is 24.8 Å². The Bertz CT molecular complexity index is 658. The molecule has 21 heavy (non-hydrogen) atoms. The van der Waals surface area contributed by atoms with Crippen molar-refractivity contribution in [1.82, 2.24) is 15.1 Å². The number of nitrogens with two attached hydrogens (primary N) is 1. The lowest BCUT2D eigenvalue weighted by Gasteiger charge is -2.14. The number of aromatic amines is 1. The van der Waals surface area contributed by atoms with Gasteiger partial charge in [-0.15, -0.1) is 0 Å². The minimum absolute atomic E-state index is 0.0432. The van der Waals surface area contributed by atoms with E-state index in [9.17, 15) is 4.79 Å². The highest BCUT2D eigenvalue weighted by Crippen LogP contribution is 2.30. The Kier molecular flexibility index (Phi) is 3.45. The number of rotatable bonds is 3. The van der Waals surface area contributed by atoms with E-state index in [4.69, 9.17) is 10.2 Å². The van der Waals surface area contributed by atoms with Crippen LogP contribution in [-0.4, -0.2) is 34.1 Å². The molecule has 1 amide bonds. The van der Waals surface area contributed by atoms with Gasteiger partial charge in [-0.25, -0.2) is 0 Å². The van der Waals surface area contributed by atoms with Crippen molar-refractivity contribution in [3.05, 3.63) is 35.0 Å². The largest absolute Gasteiger partial charge is 0.456 e. The van der Waals surface area contributed by atoms with Crippen LogP contribution >= 0.6 is 0 Å². The molecule has 0 aromatic carbocycles. The summed E-state index contributed by atoms with van der Waals surface area (Å²) in [6.07, 6.45) is 3.30. The fourth-order valence-electron chi connectivity index (χ4n) is 2.94. The van der Waals surface area contributed by atoms with Gasteiger partial charge in [0.25, 0.3) is 5.91 Å². The first-order chi connectivity index (χ1) is 10.1. The number of nitrogens with one attached hydrogen (secondary N) is 1. The topological polar surface area (TPSA) is 88.2 Å². The zero-order valence-electron chi connectivity index (χ0n) is 12.3. The number of H-pyrrole nitrogens is 1. The van der Waals surface area contributed by atoms with Crippen LogP contribution in [0.5, 0.6) is 0 Å². The van der Waals surface area contributed by atoms with Crippen LogP contribution in [0.25, 0.3) is 0 Å². The third kappa shape index (κ3) is 2.41. The molecule has 3 rings (SSSR count). The maximum Gasteiger partial charge on any atom is 0.289 e. The monoisotopic (exact) mass is 288 g/mol. The molecule has 0 radical (unpaired) electrons. The van der Waals surface area contributed by atoms with Crippen molar-refractivity contribution in [1.29, 1.82) is 0 Å². The first kappa shape index (κ1) is 13.7. The van der Waals surface area contributed by atoms with Crippen molar-refractivity contribution in [2.75, 3.05) is 18.8 Å². The third-order valence-electron chi connectivity index (χ3n) is 4.14. The van der Waals surface area contributed by atoms with Gasteiger partial charge < -0.3 is 15.1 Å². The summed E-state index contributed by atoms with van der Waals surface area (Å²) in [4.78, 5) is 14.3. The van der Waals surface area contributed by atoms with E-state index in [0.717, 1.165) is 29.9 Å². The molecule has 2 aromatic rings. The lowest BCUT2D eigenvalue weighted by Crippen LogP contribution is -2.28. The Morgan fingerprint density at radius 1 is 1.62 bits per heavy atom. The van der Waals surface area contributed by atoms with E-state index in [2.05, 4.69) is 10.2 Å². The quantitative estimate of drug-likeness (QED) is 0.905. The Labute approximate surface area is 123 Å². The van der Waals surface area contributed by atoms with Gasteiger partial charge in [0.05, 0.1) is 17.6 Å². The number of furan rings is 1. The highest BCUT2D eigenvalue weighted by Gasteiger charge is 2.31. The first-order valence-electron chi connectivity index (χ1n) is 7.27. The van der Waals surface area contributed by atoms with Gasteiger partial charge in [-0.05, 0) is 25.0 Å². The molecule has 1 atom stereocenters. The summed E-state index contributed by atoms with van der Waals surface area (Å²) in [5.74, 6) is 1.49. The molecule has 0 aliphatic carbocycles. The van der Waals surface area contributed by atoms with E-state index in [0.29, 0.717) is 24.5 Å². The predicted molar refractivity (Wildman–Crippen MR) is 79.1 cm³/mol. The van der Waals surface area contributed by atoms with Gasteiger partial charge in [0.1, 0.15) is 5.76 Å². The minimum Gasteiger partial charge on any atom is -0.456 e. The van der Waals surface area contributed by atoms with Crippen molar-refractivity contribution in [2.45, 2.75) is 32.6 Å². The highest BCUT2D eigenvalue weighted by atomic mass is 16.4. The summed E-state index contributed by atoms with van der Waals surface area (Å²) >= 11 is 0. The summed E-state index contributed by atoms with van der Waals surface area (Å²) in [6, 6.07) is 1.83. The number of carbonyl (C=O) groups is 1. The number of hydrogen-bond donors (Lipinski definition) is 2. The smallest absolute Gasteiger partial charge is 0.289 e. The van der Waals surface area contributed by atoms with Gasteiger partial charge in [-0.2, -0.15) is 5.10 Å². The summed E-state index contributed by atoms with van der Waals surface area (Å²) < 4.78 is 5.65. The van der Waals surface area contributed by atoms with E-state index >= 15 is 0 Å². The van der Waals surface area contributed by atoms with Crippen LogP contribution in [0.15, 0.2) is 16.7 Å². The van der Waals surface area contributed by atoms with Crippen LogP contribution in [0.2, 0.25) is 0 Å². The van der Waals surface area contributed by atoms with Crippen LogP contribution in [-0.2, 0) is 6.42 Å². The molecule has 2 aromatic heterocycles. The fraction of sp³-hybridized carbons (Fsp3) is 0.467.